The van der Waals surface area contributed by atoms with E-state index in [0.717, 1.165) is 22.7 Å². The Morgan fingerprint density at radius 2 is 2.06 bits per heavy atom. The van der Waals surface area contributed by atoms with Crippen molar-refractivity contribution in [1.29, 1.82) is 5.26 Å². The molecular formula is C13H11N3O. The molecule has 4 heteroatoms. The van der Waals surface area contributed by atoms with Crippen molar-refractivity contribution in [3.05, 3.63) is 41.9 Å². The Kier molecular flexibility index (Phi) is 3.01. The van der Waals surface area contributed by atoms with Gasteiger partial charge in [-0.15, -0.1) is 0 Å². The molecule has 0 atom stereocenters. The number of aryl methyl sites for hydroxylation is 1. The second kappa shape index (κ2) is 4.62. The highest BCUT2D eigenvalue weighted by molar-refractivity contribution is 5.61. The van der Waals surface area contributed by atoms with E-state index < -0.39 is 0 Å². The first-order valence-electron chi connectivity index (χ1n) is 5.13. The van der Waals surface area contributed by atoms with Gasteiger partial charge in [-0.05, 0) is 25.1 Å². The molecular weight excluding hydrogens is 214 g/mol. The van der Waals surface area contributed by atoms with Gasteiger partial charge in [0.05, 0.1) is 12.8 Å². The van der Waals surface area contributed by atoms with E-state index in [4.69, 9.17) is 10.00 Å². The van der Waals surface area contributed by atoms with Crippen LogP contribution in [-0.2, 0) is 0 Å². The second-order valence-corrected chi connectivity index (χ2v) is 3.56. The first-order chi connectivity index (χ1) is 8.22. The van der Waals surface area contributed by atoms with Gasteiger partial charge < -0.3 is 4.74 Å². The molecule has 0 radical (unpaired) electrons. The molecule has 0 bridgehead atoms. The second-order valence-electron chi connectivity index (χ2n) is 3.56. The highest BCUT2D eigenvalue weighted by Gasteiger charge is 2.05. The highest BCUT2D eigenvalue weighted by Crippen LogP contribution is 2.22. The third-order valence-corrected chi connectivity index (χ3v) is 2.32. The fourth-order valence-electron chi connectivity index (χ4n) is 1.55. The van der Waals surface area contributed by atoms with Crippen LogP contribution < -0.4 is 4.74 Å². The molecule has 4 nitrogen and oxygen atoms in total. The number of aromatic nitrogens is 2. The molecule has 0 spiro atoms. The van der Waals surface area contributed by atoms with Crippen LogP contribution in [0.5, 0.6) is 5.75 Å². The van der Waals surface area contributed by atoms with Gasteiger partial charge in [-0.2, -0.15) is 5.26 Å². The lowest BCUT2D eigenvalue weighted by Gasteiger charge is -2.04. The summed E-state index contributed by atoms with van der Waals surface area (Å²) in [4.78, 5) is 8.19. The molecule has 1 heterocycles. The Labute approximate surface area is 99.5 Å². The highest BCUT2D eigenvalue weighted by atomic mass is 16.5. The molecule has 17 heavy (non-hydrogen) atoms. The van der Waals surface area contributed by atoms with Gasteiger partial charge in [0.2, 0.25) is 5.82 Å². The lowest BCUT2D eigenvalue weighted by Crippen LogP contribution is -1.95. The summed E-state index contributed by atoms with van der Waals surface area (Å²) < 4.78 is 5.15. The van der Waals surface area contributed by atoms with Gasteiger partial charge in [0.15, 0.2) is 0 Å². The summed E-state index contributed by atoms with van der Waals surface area (Å²) >= 11 is 0. The van der Waals surface area contributed by atoms with E-state index >= 15 is 0 Å². The number of ether oxygens (including phenoxy) is 1. The summed E-state index contributed by atoms with van der Waals surface area (Å²) in [6, 6.07) is 11.3. The molecule has 0 saturated carbocycles. The van der Waals surface area contributed by atoms with E-state index in [1.54, 1.807) is 7.11 Å². The minimum Gasteiger partial charge on any atom is -0.497 e. The molecule has 0 aliphatic carbocycles. The van der Waals surface area contributed by atoms with Gasteiger partial charge in [0.25, 0.3) is 0 Å². The molecule has 1 aromatic carbocycles. The summed E-state index contributed by atoms with van der Waals surface area (Å²) in [5.41, 5.74) is 2.41. The van der Waals surface area contributed by atoms with E-state index in [9.17, 15) is 0 Å². The van der Waals surface area contributed by atoms with Gasteiger partial charge in [-0.3, -0.25) is 0 Å². The number of benzene rings is 1. The largest absolute Gasteiger partial charge is 0.497 e. The average Bonchev–Trinajstić information content (AvgIpc) is 2.38. The number of methoxy groups -OCH3 is 1. The van der Waals surface area contributed by atoms with Gasteiger partial charge in [0, 0.05) is 11.3 Å². The number of hydrogen-bond acceptors (Lipinski definition) is 4. The summed E-state index contributed by atoms with van der Waals surface area (Å²) in [6.45, 7) is 1.84. The minimum atomic E-state index is 0.183. The van der Waals surface area contributed by atoms with Crippen molar-refractivity contribution >= 4 is 0 Å². The van der Waals surface area contributed by atoms with Crippen molar-refractivity contribution < 1.29 is 4.74 Å². The van der Waals surface area contributed by atoms with Crippen LogP contribution in [-0.4, -0.2) is 17.1 Å². The van der Waals surface area contributed by atoms with E-state index in [1.165, 1.54) is 0 Å². The maximum atomic E-state index is 8.83. The Hall–Kier alpha value is -2.41. The fourth-order valence-corrected chi connectivity index (χ4v) is 1.55. The third-order valence-electron chi connectivity index (χ3n) is 2.32. The molecule has 0 unspecified atom stereocenters. The standard InChI is InChI=1S/C13H11N3O/c1-9-6-12(16-13(8-14)15-9)10-4-3-5-11(7-10)17-2/h3-7H,1-2H3. The molecule has 0 fully saturated rings. The summed E-state index contributed by atoms with van der Waals surface area (Å²) in [5.74, 6) is 0.945. The maximum absolute atomic E-state index is 8.83. The molecule has 84 valence electrons. The van der Waals surface area contributed by atoms with E-state index in [1.807, 2.05) is 43.3 Å². The summed E-state index contributed by atoms with van der Waals surface area (Å²) in [5, 5.41) is 8.83. The number of nitrogens with zero attached hydrogens (tertiary/aromatic N) is 3. The normalized spacial score (nSPS) is 9.71. The van der Waals surface area contributed by atoms with Crippen LogP contribution >= 0.6 is 0 Å². The van der Waals surface area contributed by atoms with Crippen molar-refractivity contribution in [3.8, 4) is 23.1 Å². The Balaban J connectivity index is 2.52. The van der Waals surface area contributed by atoms with E-state index in [0.29, 0.717) is 0 Å². The quantitative estimate of drug-likeness (QED) is 0.787. The smallest absolute Gasteiger partial charge is 0.232 e. The van der Waals surface area contributed by atoms with Gasteiger partial charge in [-0.25, -0.2) is 9.97 Å². The lowest BCUT2D eigenvalue weighted by molar-refractivity contribution is 0.415. The van der Waals surface area contributed by atoms with Crippen LogP contribution in [0.3, 0.4) is 0 Å². The average molecular weight is 225 g/mol. The van der Waals surface area contributed by atoms with Crippen molar-refractivity contribution in [2.45, 2.75) is 6.92 Å². The van der Waals surface area contributed by atoms with Crippen molar-refractivity contribution in [3.63, 3.8) is 0 Å². The number of rotatable bonds is 2. The maximum Gasteiger partial charge on any atom is 0.232 e. The summed E-state index contributed by atoms with van der Waals surface area (Å²) in [7, 11) is 1.62. The molecule has 2 aromatic rings. The van der Waals surface area contributed by atoms with Crippen molar-refractivity contribution in [1.82, 2.24) is 9.97 Å². The molecule has 0 saturated heterocycles. The van der Waals surface area contributed by atoms with Gasteiger partial charge in [-0.1, -0.05) is 12.1 Å². The molecule has 0 amide bonds. The zero-order chi connectivity index (χ0) is 12.3. The Bertz CT molecular complexity index is 587. The molecule has 1 aromatic heterocycles. The van der Waals surface area contributed by atoms with Gasteiger partial charge in [0.1, 0.15) is 11.8 Å². The van der Waals surface area contributed by atoms with E-state index in [2.05, 4.69) is 9.97 Å². The fraction of sp³-hybridized carbons (Fsp3) is 0.154. The molecule has 2 rings (SSSR count). The Morgan fingerprint density at radius 3 is 2.76 bits per heavy atom. The van der Waals surface area contributed by atoms with Gasteiger partial charge >= 0.3 is 0 Å². The first kappa shape index (κ1) is 11.1. The van der Waals surface area contributed by atoms with Crippen LogP contribution in [0.2, 0.25) is 0 Å². The Morgan fingerprint density at radius 1 is 1.24 bits per heavy atom. The molecule has 0 aliphatic heterocycles. The van der Waals surface area contributed by atoms with Crippen LogP contribution in [0, 0.1) is 18.3 Å². The predicted octanol–water partition coefficient (Wildman–Crippen LogP) is 2.33. The SMILES string of the molecule is COc1cccc(-c2cc(C)nc(C#N)n2)c1. The first-order valence-corrected chi connectivity index (χ1v) is 5.13. The zero-order valence-electron chi connectivity index (χ0n) is 9.64. The van der Waals surface area contributed by atoms with Crippen LogP contribution in [0.1, 0.15) is 11.5 Å². The predicted molar refractivity (Wildman–Crippen MR) is 63.5 cm³/mol. The third kappa shape index (κ3) is 2.40. The molecule has 0 aliphatic rings. The lowest BCUT2D eigenvalue weighted by atomic mass is 10.1. The van der Waals surface area contributed by atoms with Crippen LogP contribution in [0.25, 0.3) is 11.3 Å². The van der Waals surface area contributed by atoms with Crippen LogP contribution in [0.15, 0.2) is 30.3 Å². The van der Waals surface area contributed by atoms with Crippen LogP contribution in [0.4, 0.5) is 0 Å². The monoisotopic (exact) mass is 225 g/mol. The molecule has 0 N–H and O–H groups in total. The minimum absolute atomic E-state index is 0.183. The topological polar surface area (TPSA) is 58.8 Å². The number of hydrogen-bond donors (Lipinski definition) is 0. The van der Waals surface area contributed by atoms with Crippen molar-refractivity contribution in [2.24, 2.45) is 0 Å². The number of nitriles is 1. The van der Waals surface area contributed by atoms with Crippen molar-refractivity contribution in [2.75, 3.05) is 7.11 Å². The summed E-state index contributed by atoms with van der Waals surface area (Å²) in [6.07, 6.45) is 0. The van der Waals surface area contributed by atoms with E-state index in [-0.39, 0.29) is 5.82 Å². The zero-order valence-corrected chi connectivity index (χ0v) is 9.64.